The van der Waals surface area contributed by atoms with Crippen molar-refractivity contribution in [2.24, 2.45) is 0 Å². The monoisotopic (exact) mass is 254 g/mol. The van der Waals surface area contributed by atoms with Crippen LogP contribution in [0.4, 0.5) is 0 Å². The van der Waals surface area contributed by atoms with Crippen molar-refractivity contribution in [2.45, 2.75) is 0 Å². The highest BCUT2D eigenvalue weighted by Gasteiger charge is 2.01. The summed E-state index contributed by atoms with van der Waals surface area (Å²) in [5, 5.41) is 0. The Labute approximate surface area is 82.5 Å². The van der Waals surface area contributed by atoms with Gasteiger partial charge in [-0.3, -0.25) is 0 Å². The number of ether oxygens (including phenoxy) is 1. The van der Waals surface area contributed by atoms with E-state index in [2.05, 4.69) is 22.6 Å². The van der Waals surface area contributed by atoms with Crippen LogP contribution in [0.25, 0.3) is 0 Å². The van der Waals surface area contributed by atoms with Gasteiger partial charge in [-0.2, -0.15) is 0 Å². The lowest BCUT2D eigenvalue weighted by Gasteiger charge is -2.08. The number of hydrogen-bond acceptors (Lipinski definition) is 1. The van der Waals surface area contributed by atoms with Crippen molar-refractivity contribution in [1.82, 2.24) is 0 Å². The van der Waals surface area contributed by atoms with E-state index in [1.807, 2.05) is 12.1 Å². The smallest absolute Gasteiger partial charge is 0.119 e. The summed E-state index contributed by atoms with van der Waals surface area (Å²) in [6, 6.07) is 3.63. The Balaban J connectivity index is 3.25. The fourth-order valence-electron chi connectivity index (χ4n) is 0.872. The zero-order chi connectivity index (χ0) is 8.43. The van der Waals surface area contributed by atoms with E-state index in [0.717, 1.165) is 3.57 Å². The van der Waals surface area contributed by atoms with E-state index in [-0.39, 0.29) is 0 Å². The maximum Gasteiger partial charge on any atom is 0.119 e. The summed E-state index contributed by atoms with van der Waals surface area (Å²) in [6.45, 7) is 0. The van der Waals surface area contributed by atoms with E-state index in [4.69, 9.17) is 20.4 Å². The number of hydrogen-bond donors (Lipinski definition) is 0. The molecule has 0 heterocycles. The predicted octanol–water partition coefficient (Wildman–Crippen LogP) is -0.113. The second-order valence-electron chi connectivity index (χ2n) is 2.12. The van der Waals surface area contributed by atoms with Gasteiger partial charge in [0.25, 0.3) is 0 Å². The van der Waals surface area contributed by atoms with Gasteiger partial charge in [0.2, 0.25) is 0 Å². The largest absolute Gasteiger partial charge is 0.498 e. The molecule has 4 heteroatoms. The minimum Gasteiger partial charge on any atom is -0.498 e. The molecule has 4 radical (unpaired) electrons. The fraction of sp³-hybridized carbons (Fsp3) is 0.143. The minimum absolute atomic E-state index is 0.561. The fourth-order valence-corrected chi connectivity index (χ4v) is 1.54. The van der Waals surface area contributed by atoms with Crippen molar-refractivity contribution in [3.8, 4) is 5.75 Å². The number of rotatable bonds is 1. The molecule has 0 bridgehead atoms. The molecule has 0 aliphatic rings. The predicted molar refractivity (Wildman–Crippen MR) is 56.5 cm³/mol. The lowest BCUT2D eigenvalue weighted by atomic mass is 9.86. The van der Waals surface area contributed by atoms with Crippen LogP contribution < -0.4 is 15.7 Å². The number of benzene rings is 1. The van der Waals surface area contributed by atoms with Crippen molar-refractivity contribution in [3.05, 3.63) is 15.7 Å². The molecule has 0 atom stereocenters. The first-order valence-electron chi connectivity index (χ1n) is 3.03. The molecule has 1 aromatic rings. The van der Waals surface area contributed by atoms with Crippen LogP contribution in [-0.2, 0) is 0 Å². The Morgan fingerprint density at radius 2 is 1.73 bits per heavy atom. The summed E-state index contributed by atoms with van der Waals surface area (Å²) in [7, 11) is 12.8. The van der Waals surface area contributed by atoms with Gasteiger partial charge in [-0.15, -0.1) is 0 Å². The second-order valence-corrected chi connectivity index (χ2v) is 3.36. The van der Waals surface area contributed by atoms with Gasteiger partial charge in [0.1, 0.15) is 21.4 Å². The highest BCUT2D eigenvalue weighted by Crippen LogP contribution is 2.06. The quantitative estimate of drug-likeness (QED) is 0.501. The van der Waals surface area contributed by atoms with Crippen molar-refractivity contribution in [2.75, 3.05) is 7.11 Å². The summed E-state index contributed by atoms with van der Waals surface area (Å²) in [6.07, 6.45) is 0. The third kappa shape index (κ3) is 1.92. The second kappa shape index (κ2) is 3.52. The maximum absolute atomic E-state index is 5.62. The van der Waals surface area contributed by atoms with Gasteiger partial charge < -0.3 is 4.74 Å². The van der Waals surface area contributed by atoms with Crippen molar-refractivity contribution < 1.29 is 4.74 Å². The molecule has 0 amide bonds. The molecule has 0 aliphatic heterocycles. The molecule has 0 saturated carbocycles. The molecule has 0 spiro atoms. The average molecular weight is 254 g/mol. The van der Waals surface area contributed by atoms with Gasteiger partial charge in [0.05, 0.1) is 7.11 Å². The van der Waals surface area contributed by atoms with E-state index in [1.165, 1.54) is 0 Å². The third-order valence-corrected chi connectivity index (χ3v) is 1.94. The van der Waals surface area contributed by atoms with Crippen LogP contribution in [0, 0.1) is 3.57 Å². The van der Waals surface area contributed by atoms with Crippen LogP contribution in [-0.4, -0.2) is 22.8 Å². The van der Waals surface area contributed by atoms with Crippen LogP contribution >= 0.6 is 22.6 Å². The molecule has 0 saturated heterocycles. The Morgan fingerprint density at radius 3 is 2.09 bits per heavy atom. The standard InChI is InChI=1S/C7H5B2IO/c1-11-7-5(8)2-4(10)3-6(7)9/h2-3H,1H3. The summed E-state index contributed by atoms with van der Waals surface area (Å²) < 4.78 is 5.99. The first-order chi connectivity index (χ1) is 5.15. The van der Waals surface area contributed by atoms with Crippen LogP contribution in [0.5, 0.6) is 5.75 Å². The molecule has 0 N–H and O–H groups in total. The molecule has 1 aromatic carbocycles. The molecule has 0 unspecified atom stereocenters. The summed E-state index contributed by atoms with van der Waals surface area (Å²) in [5.74, 6) is 0.561. The van der Waals surface area contributed by atoms with E-state index in [9.17, 15) is 0 Å². The van der Waals surface area contributed by atoms with Crippen molar-refractivity contribution in [3.63, 3.8) is 0 Å². The molecule has 52 valence electrons. The average Bonchev–Trinajstić information content (AvgIpc) is 1.85. The minimum atomic E-state index is 0.561. The van der Waals surface area contributed by atoms with Gasteiger partial charge >= 0.3 is 0 Å². The Morgan fingerprint density at radius 1 is 1.27 bits per heavy atom. The van der Waals surface area contributed by atoms with Gasteiger partial charge in [-0.25, -0.2) is 0 Å². The molecular weight excluding hydrogens is 249 g/mol. The molecule has 0 fully saturated rings. The van der Waals surface area contributed by atoms with E-state index in [1.54, 1.807) is 7.11 Å². The number of halogens is 1. The zero-order valence-electron chi connectivity index (χ0n) is 6.10. The molecule has 0 aromatic heterocycles. The Kier molecular flexibility index (Phi) is 2.87. The lowest BCUT2D eigenvalue weighted by molar-refractivity contribution is 0.421. The normalized spacial score (nSPS) is 9.64. The van der Waals surface area contributed by atoms with E-state index in [0.29, 0.717) is 16.7 Å². The zero-order valence-corrected chi connectivity index (χ0v) is 8.25. The Hall–Kier alpha value is -0.120. The highest BCUT2D eigenvalue weighted by molar-refractivity contribution is 14.1. The van der Waals surface area contributed by atoms with E-state index >= 15 is 0 Å². The van der Waals surface area contributed by atoms with Gasteiger partial charge in [-0.1, -0.05) is 23.1 Å². The van der Waals surface area contributed by atoms with Crippen LogP contribution in [0.15, 0.2) is 12.1 Å². The topological polar surface area (TPSA) is 9.23 Å². The lowest BCUT2D eigenvalue weighted by Crippen LogP contribution is -2.19. The molecule has 1 nitrogen and oxygen atoms in total. The molecule has 1 rings (SSSR count). The molecule has 0 aliphatic carbocycles. The molecular formula is C7H5B2IO. The van der Waals surface area contributed by atoms with Crippen molar-refractivity contribution in [1.29, 1.82) is 0 Å². The summed E-state index contributed by atoms with van der Waals surface area (Å²) >= 11 is 2.15. The van der Waals surface area contributed by atoms with Crippen LogP contribution in [0.2, 0.25) is 0 Å². The number of methoxy groups -OCH3 is 1. The first kappa shape index (κ1) is 8.97. The Bertz CT molecular complexity index is 252. The molecule has 11 heavy (non-hydrogen) atoms. The summed E-state index contributed by atoms with van der Waals surface area (Å²) in [4.78, 5) is 0. The van der Waals surface area contributed by atoms with E-state index < -0.39 is 0 Å². The third-order valence-electron chi connectivity index (χ3n) is 1.32. The van der Waals surface area contributed by atoms with Gasteiger partial charge in [0, 0.05) is 3.57 Å². The van der Waals surface area contributed by atoms with Crippen LogP contribution in [0.1, 0.15) is 0 Å². The van der Waals surface area contributed by atoms with Gasteiger partial charge in [0.15, 0.2) is 0 Å². The SMILES string of the molecule is [B]c1cc(I)cc([B])c1OC. The maximum atomic E-state index is 5.62. The van der Waals surface area contributed by atoms with Crippen molar-refractivity contribution >= 4 is 49.2 Å². The summed E-state index contributed by atoms with van der Waals surface area (Å²) in [5.41, 5.74) is 1.16. The highest BCUT2D eigenvalue weighted by atomic mass is 127. The first-order valence-corrected chi connectivity index (χ1v) is 4.11. The van der Waals surface area contributed by atoms with Crippen LogP contribution in [0.3, 0.4) is 0 Å². The van der Waals surface area contributed by atoms with Gasteiger partial charge in [-0.05, 0) is 22.6 Å².